The molecule has 0 bridgehead atoms. The van der Waals surface area contributed by atoms with Crippen LogP contribution in [0.5, 0.6) is 0 Å². The molecule has 1 aromatic carbocycles. The van der Waals surface area contributed by atoms with Crippen molar-refractivity contribution >= 4 is 15.9 Å². The number of benzene rings is 1. The minimum absolute atomic E-state index is 0.0720. The van der Waals surface area contributed by atoms with E-state index in [2.05, 4.69) is 4.72 Å². The Kier molecular flexibility index (Phi) is 6.18. The molecule has 5 nitrogen and oxygen atoms in total. The lowest BCUT2D eigenvalue weighted by Gasteiger charge is -2.33. The van der Waals surface area contributed by atoms with E-state index in [9.17, 15) is 13.2 Å². The van der Waals surface area contributed by atoms with Crippen LogP contribution >= 0.6 is 0 Å². The number of aryl methyl sites for hydroxylation is 1. The SMILES string of the molecule is Cc1ccc(S(=O)(=O)NC(C)(C)C)cc1C(=O)N(C(C)C)C1CCCC1. The van der Waals surface area contributed by atoms with Gasteiger partial charge in [0.15, 0.2) is 0 Å². The van der Waals surface area contributed by atoms with Gasteiger partial charge in [-0.15, -0.1) is 0 Å². The summed E-state index contributed by atoms with van der Waals surface area (Å²) >= 11 is 0. The number of nitrogens with zero attached hydrogens (tertiary/aromatic N) is 1. The Morgan fingerprint density at radius 2 is 1.77 bits per heavy atom. The van der Waals surface area contributed by atoms with Gasteiger partial charge in [-0.3, -0.25) is 4.79 Å². The fraction of sp³-hybridized carbons (Fsp3) is 0.650. The number of hydrogen-bond donors (Lipinski definition) is 1. The van der Waals surface area contributed by atoms with Gasteiger partial charge in [0.1, 0.15) is 0 Å². The molecule has 0 unspecified atom stereocenters. The lowest BCUT2D eigenvalue weighted by Crippen LogP contribution is -2.44. The molecule has 0 saturated heterocycles. The number of amides is 1. The molecule has 0 atom stereocenters. The van der Waals surface area contributed by atoms with E-state index in [1.165, 1.54) is 6.07 Å². The molecule has 26 heavy (non-hydrogen) atoms. The molecular formula is C20H32N2O3S. The summed E-state index contributed by atoms with van der Waals surface area (Å²) in [5, 5.41) is 0. The molecule has 2 rings (SSSR count). The van der Waals surface area contributed by atoms with Crippen molar-refractivity contribution in [1.29, 1.82) is 0 Å². The van der Waals surface area contributed by atoms with Crippen LogP contribution in [0, 0.1) is 6.92 Å². The second-order valence-electron chi connectivity index (χ2n) is 8.58. The van der Waals surface area contributed by atoms with Gasteiger partial charge in [-0.2, -0.15) is 0 Å². The molecule has 1 N–H and O–H groups in total. The zero-order valence-corrected chi connectivity index (χ0v) is 17.6. The average Bonchev–Trinajstić information content (AvgIpc) is 2.98. The van der Waals surface area contributed by atoms with Gasteiger partial charge in [0.05, 0.1) is 4.90 Å². The predicted molar refractivity (Wildman–Crippen MR) is 105 cm³/mol. The molecule has 0 heterocycles. The van der Waals surface area contributed by atoms with Crippen LogP contribution in [0.25, 0.3) is 0 Å². The van der Waals surface area contributed by atoms with Crippen molar-refractivity contribution in [3.05, 3.63) is 29.3 Å². The van der Waals surface area contributed by atoms with Crippen LogP contribution in [-0.4, -0.2) is 36.8 Å². The molecule has 0 aromatic heterocycles. The molecule has 1 aromatic rings. The zero-order chi connectivity index (χ0) is 19.7. The maximum absolute atomic E-state index is 13.3. The summed E-state index contributed by atoms with van der Waals surface area (Å²) in [6.07, 6.45) is 4.33. The lowest BCUT2D eigenvalue weighted by atomic mass is 10.0. The van der Waals surface area contributed by atoms with E-state index < -0.39 is 15.6 Å². The third-order valence-corrected chi connectivity index (χ3v) is 6.45. The normalized spacial score (nSPS) is 16.3. The van der Waals surface area contributed by atoms with Crippen molar-refractivity contribution in [2.45, 2.75) is 89.7 Å². The van der Waals surface area contributed by atoms with Gasteiger partial charge in [-0.25, -0.2) is 13.1 Å². The van der Waals surface area contributed by atoms with E-state index in [4.69, 9.17) is 0 Å². The van der Waals surface area contributed by atoms with Crippen LogP contribution in [0.3, 0.4) is 0 Å². The Hall–Kier alpha value is -1.40. The van der Waals surface area contributed by atoms with E-state index >= 15 is 0 Å². The van der Waals surface area contributed by atoms with E-state index in [1.54, 1.807) is 32.9 Å². The highest BCUT2D eigenvalue weighted by atomic mass is 32.2. The molecule has 1 aliphatic carbocycles. The Labute approximate surface area is 158 Å². The number of rotatable bonds is 5. The minimum atomic E-state index is -3.68. The van der Waals surface area contributed by atoms with Crippen molar-refractivity contribution in [1.82, 2.24) is 9.62 Å². The summed E-state index contributed by atoms with van der Waals surface area (Å²) in [7, 11) is -3.68. The van der Waals surface area contributed by atoms with Crippen molar-refractivity contribution < 1.29 is 13.2 Å². The molecular weight excluding hydrogens is 348 g/mol. The standard InChI is InChI=1S/C20H32N2O3S/c1-14(2)22(16-9-7-8-10-16)19(23)18-13-17(12-11-15(18)3)26(24,25)21-20(4,5)6/h11-14,16,21H,7-10H2,1-6H3. The van der Waals surface area contributed by atoms with Gasteiger partial charge in [-0.1, -0.05) is 18.9 Å². The molecule has 1 fully saturated rings. The maximum Gasteiger partial charge on any atom is 0.254 e. The molecule has 0 aliphatic heterocycles. The number of sulfonamides is 1. The minimum Gasteiger partial charge on any atom is -0.333 e. The highest BCUT2D eigenvalue weighted by molar-refractivity contribution is 7.89. The topological polar surface area (TPSA) is 66.5 Å². The van der Waals surface area contributed by atoms with Crippen LogP contribution in [-0.2, 0) is 10.0 Å². The van der Waals surface area contributed by atoms with E-state index in [0.29, 0.717) is 5.56 Å². The van der Waals surface area contributed by atoms with Crippen molar-refractivity contribution in [2.24, 2.45) is 0 Å². The maximum atomic E-state index is 13.3. The van der Waals surface area contributed by atoms with Crippen LogP contribution in [0.15, 0.2) is 23.1 Å². The van der Waals surface area contributed by atoms with Crippen LogP contribution in [0.4, 0.5) is 0 Å². The molecule has 1 amide bonds. The first kappa shape index (κ1) is 20.9. The molecule has 0 radical (unpaired) electrons. The van der Waals surface area contributed by atoms with Crippen LogP contribution in [0.1, 0.15) is 76.2 Å². The number of nitrogens with one attached hydrogen (secondary N) is 1. The van der Waals surface area contributed by atoms with Gasteiger partial charge in [0.25, 0.3) is 5.91 Å². The Morgan fingerprint density at radius 1 is 1.19 bits per heavy atom. The smallest absolute Gasteiger partial charge is 0.254 e. The fourth-order valence-corrected chi connectivity index (χ4v) is 5.05. The summed E-state index contributed by atoms with van der Waals surface area (Å²) in [5.41, 5.74) is 0.692. The number of carbonyl (C=O) groups is 1. The van der Waals surface area contributed by atoms with Crippen molar-refractivity contribution in [3.63, 3.8) is 0 Å². The Balaban J connectivity index is 2.41. The highest BCUT2D eigenvalue weighted by Gasteiger charge is 2.31. The quantitative estimate of drug-likeness (QED) is 0.843. The summed E-state index contributed by atoms with van der Waals surface area (Å²) in [6.45, 7) is 11.3. The third kappa shape index (κ3) is 4.86. The summed E-state index contributed by atoms with van der Waals surface area (Å²) in [4.78, 5) is 15.3. The van der Waals surface area contributed by atoms with Crippen LogP contribution < -0.4 is 4.72 Å². The second kappa shape index (κ2) is 7.69. The summed E-state index contributed by atoms with van der Waals surface area (Å²) in [6, 6.07) is 5.14. The second-order valence-corrected chi connectivity index (χ2v) is 10.3. The number of hydrogen-bond acceptors (Lipinski definition) is 3. The molecule has 1 aliphatic rings. The fourth-order valence-electron chi connectivity index (χ4n) is 3.60. The average molecular weight is 381 g/mol. The molecule has 0 spiro atoms. The summed E-state index contributed by atoms with van der Waals surface area (Å²) < 4.78 is 28.0. The van der Waals surface area contributed by atoms with Crippen LogP contribution in [0.2, 0.25) is 0 Å². The molecule has 146 valence electrons. The van der Waals surface area contributed by atoms with E-state index in [1.807, 2.05) is 25.7 Å². The van der Waals surface area contributed by atoms with E-state index in [0.717, 1.165) is 31.2 Å². The van der Waals surface area contributed by atoms with Gasteiger partial charge >= 0.3 is 0 Å². The zero-order valence-electron chi connectivity index (χ0n) is 16.8. The first-order valence-electron chi connectivity index (χ1n) is 9.39. The Bertz CT molecular complexity index is 758. The summed E-state index contributed by atoms with van der Waals surface area (Å²) in [5.74, 6) is -0.0720. The molecule has 6 heteroatoms. The Morgan fingerprint density at radius 3 is 2.27 bits per heavy atom. The monoisotopic (exact) mass is 380 g/mol. The third-order valence-electron chi connectivity index (χ3n) is 4.70. The van der Waals surface area contributed by atoms with Gasteiger partial charge < -0.3 is 4.90 Å². The van der Waals surface area contributed by atoms with E-state index in [-0.39, 0.29) is 22.9 Å². The largest absolute Gasteiger partial charge is 0.333 e. The van der Waals surface area contributed by atoms with Gasteiger partial charge in [0, 0.05) is 23.2 Å². The predicted octanol–water partition coefficient (Wildman–Crippen LogP) is 3.87. The highest BCUT2D eigenvalue weighted by Crippen LogP contribution is 2.28. The van der Waals surface area contributed by atoms with Gasteiger partial charge in [-0.05, 0) is 72.1 Å². The molecule has 1 saturated carbocycles. The number of carbonyl (C=O) groups excluding carboxylic acids is 1. The first-order valence-corrected chi connectivity index (χ1v) is 10.9. The lowest BCUT2D eigenvalue weighted by molar-refractivity contribution is 0.0612. The first-order chi connectivity index (χ1) is 11.9. The van der Waals surface area contributed by atoms with Crippen molar-refractivity contribution in [2.75, 3.05) is 0 Å². The van der Waals surface area contributed by atoms with Gasteiger partial charge in [0.2, 0.25) is 10.0 Å². The van der Waals surface area contributed by atoms with Crippen molar-refractivity contribution in [3.8, 4) is 0 Å².